The average molecular weight is 405 g/mol. The normalized spacial score (nSPS) is 16.5. The smallest absolute Gasteiger partial charge is 0.244 e. The van der Waals surface area contributed by atoms with E-state index in [1.807, 2.05) is 30.3 Å². The Kier molecular flexibility index (Phi) is 6.32. The molecule has 0 spiro atoms. The number of likely N-dealkylation sites (tertiary alicyclic amines) is 1. The van der Waals surface area contributed by atoms with Crippen LogP contribution in [0, 0.1) is 11.3 Å². The molecule has 0 N–H and O–H groups in total. The molecule has 3 heterocycles. The van der Waals surface area contributed by atoms with E-state index in [0.29, 0.717) is 36.4 Å². The molecule has 30 heavy (non-hydrogen) atoms. The maximum atomic E-state index is 8.97. The number of benzene rings is 1. The summed E-state index contributed by atoms with van der Waals surface area (Å²) < 4.78 is 16.2. The van der Waals surface area contributed by atoms with Gasteiger partial charge in [-0.3, -0.25) is 4.90 Å². The Labute approximate surface area is 175 Å². The van der Waals surface area contributed by atoms with Gasteiger partial charge >= 0.3 is 0 Å². The lowest BCUT2D eigenvalue weighted by atomic mass is 10.1. The molecule has 0 bridgehead atoms. The summed E-state index contributed by atoms with van der Waals surface area (Å²) in [4.78, 5) is 11.2. The summed E-state index contributed by atoms with van der Waals surface area (Å²) >= 11 is 0. The minimum atomic E-state index is 0.0844. The molecule has 154 valence electrons. The van der Waals surface area contributed by atoms with E-state index in [1.54, 1.807) is 19.4 Å². The van der Waals surface area contributed by atoms with Crippen molar-refractivity contribution in [3.05, 3.63) is 59.6 Å². The summed E-state index contributed by atoms with van der Waals surface area (Å²) in [5, 5.41) is 13.1. The predicted molar refractivity (Wildman–Crippen MR) is 108 cm³/mol. The first-order valence-electron chi connectivity index (χ1n) is 9.91. The highest BCUT2D eigenvalue weighted by molar-refractivity contribution is 5.55. The molecule has 0 amide bonds. The van der Waals surface area contributed by atoms with E-state index in [1.165, 1.54) is 0 Å². The molecule has 0 radical (unpaired) electrons. The van der Waals surface area contributed by atoms with Gasteiger partial charge in [0, 0.05) is 31.5 Å². The molecule has 1 aliphatic rings. The molecule has 8 heteroatoms. The number of nitriles is 1. The quantitative estimate of drug-likeness (QED) is 0.526. The van der Waals surface area contributed by atoms with Crippen LogP contribution >= 0.6 is 0 Å². The highest BCUT2D eigenvalue weighted by Gasteiger charge is 2.30. The van der Waals surface area contributed by atoms with E-state index >= 15 is 0 Å². The van der Waals surface area contributed by atoms with E-state index in [0.717, 1.165) is 37.1 Å². The van der Waals surface area contributed by atoms with Gasteiger partial charge in [0.1, 0.15) is 6.61 Å². The molecular weight excluding hydrogens is 382 g/mol. The van der Waals surface area contributed by atoms with Crippen LogP contribution in [0.25, 0.3) is 11.4 Å². The summed E-state index contributed by atoms with van der Waals surface area (Å²) in [5.74, 6) is 1.64. The number of aromatic nitrogens is 3. The molecule has 0 aliphatic carbocycles. The molecule has 1 atom stereocenters. The van der Waals surface area contributed by atoms with Crippen molar-refractivity contribution in [1.82, 2.24) is 20.0 Å². The van der Waals surface area contributed by atoms with Gasteiger partial charge in [-0.2, -0.15) is 10.2 Å². The largest absolute Gasteiger partial charge is 0.475 e. The third-order valence-electron chi connectivity index (χ3n) is 5.09. The summed E-state index contributed by atoms with van der Waals surface area (Å²) in [5.41, 5.74) is 2.62. The lowest BCUT2D eigenvalue weighted by Crippen LogP contribution is -2.23. The Morgan fingerprint density at radius 2 is 2.10 bits per heavy atom. The van der Waals surface area contributed by atoms with Gasteiger partial charge in [-0.1, -0.05) is 17.3 Å². The van der Waals surface area contributed by atoms with Gasteiger partial charge in [0.15, 0.2) is 0 Å². The predicted octanol–water partition coefficient (Wildman–Crippen LogP) is 3.37. The van der Waals surface area contributed by atoms with E-state index in [4.69, 9.17) is 19.3 Å². The van der Waals surface area contributed by atoms with Gasteiger partial charge in [0.2, 0.25) is 17.6 Å². The highest BCUT2D eigenvalue weighted by atomic mass is 16.5. The number of ether oxygens (including phenoxy) is 2. The zero-order valence-electron chi connectivity index (χ0n) is 16.8. The lowest BCUT2D eigenvalue weighted by Gasteiger charge is -2.21. The number of rotatable bonds is 8. The third-order valence-corrected chi connectivity index (χ3v) is 5.09. The van der Waals surface area contributed by atoms with Crippen molar-refractivity contribution in [3.63, 3.8) is 0 Å². The topological polar surface area (TPSA) is 97.3 Å². The first-order chi connectivity index (χ1) is 14.8. The fourth-order valence-electron chi connectivity index (χ4n) is 3.56. The van der Waals surface area contributed by atoms with Crippen molar-refractivity contribution in [2.24, 2.45) is 0 Å². The summed E-state index contributed by atoms with van der Waals surface area (Å²) in [7, 11) is 1.63. The van der Waals surface area contributed by atoms with Crippen LogP contribution in [-0.4, -0.2) is 46.9 Å². The maximum absolute atomic E-state index is 8.97. The van der Waals surface area contributed by atoms with Crippen LogP contribution in [0.4, 0.5) is 0 Å². The summed E-state index contributed by atoms with van der Waals surface area (Å²) in [6.07, 6.45) is 3.71. The van der Waals surface area contributed by atoms with Crippen LogP contribution in [0.5, 0.6) is 5.88 Å². The highest BCUT2D eigenvalue weighted by Crippen LogP contribution is 2.33. The van der Waals surface area contributed by atoms with Crippen LogP contribution in [0.2, 0.25) is 0 Å². The van der Waals surface area contributed by atoms with Crippen molar-refractivity contribution in [3.8, 4) is 23.3 Å². The van der Waals surface area contributed by atoms with E-state index < -0.39 is 0 Å². The van der Waals surface area contributed by atoms with Crippen molar-refractivity contribution in [2.75, 3.05) is 26.9 Å². The SMILES string of the molecule is COCCOc1cc(-c2noc([C@H]3CCCN3Cc3ccc(C#N)cc3)n2)ccn1. The monoisotopic (exact) mass is 405 g/mol. The molecule has 1 aromatic carbocycles. The van der Waals surface area contributed by atoms with Crippen molar-refractivity contribution in [1.29, 1.82) is 5.26 Å². The molecule has 0 unspecified atom stereocenters. The zero-order chi connectivity index (χ0) is 20.8. The summed E-state index contributed by atoms with van der Waals surface area (Å²) in [6.45, 7) is 2.67. The van der Waals surface area contributed by atoms with Gasteiger partial charge in [-0.05, 0) is 43.1 Å². The number of methoxy groups -OCH3 is 1. The fourth-order valence-corrected chi connectivity index (χ4v) is 3.56. The van der Waals surface area contributed by atoms with Crippen molar-refractivity contribution >= 4 is 0 Å². The van der Waals surface area contributed by atoms with Gasteiger partial charge < -0.3 is 14.0 Å². The molecule has 1 aliphatic heterocycles. The average Bonchev–Trinajstić information content (AvgIpc) is 3.44. The molecule has 1 fully saturated rings. The van der Waals surface area contributed by atoms with E-state index in [-0.39, 0.29) is 6.04 Å². The molecule has 8 nitrogen and oxygen atoms in total. The van der Waals surface area contributed by atoms with Gasteiger partial charge in [0.25, 0.3) is 0 Å². The van der Waals surface area contributed by atoms with Gasteiger partial charge in [0.05, 0.1) is 24.3 Å². The number of nitrogens with zero attached hydrogens (tertiary/aromatic N) is 5. The van der Waals surface area contributed by atoms with Gasteiger partial charge in [-0.15, -0.1) is 0 Å². The van der Waals surface area contributed by atoms with Crippen molar-refractivity contribution < 1.29 is 14.0 Å². The van der Waals surface area contributed by atoms with E-state index in [9.17, 15) is 0 Å². The Bertz CT molecular complexity index is 1010. The van der Waals surface area contributed by atoms with Crippen LogP contribution in [0.3, 0.4) is 0 Å². The van der Waals surface area contributed by atoms with Crippen LogP contribution in [0.1, 0.15) is 35.9 Å². The molecule has 0 saturated carbocycles. The Balaban J connectivity index is 1.46. The first-order valence-corrected chi connectivity index (χ1v) is 9.91. The molecular formula is C22H23N5O3. The Morgan fingerprint density at radius 3 is 2.90 bits per heavy atom. The van der Waals surface area contributed by atoms with Crippen molar-refractivity contribution in [2.45, 2.75) is 25.4 Å². The molecule has 4 rings (SSSR count). The number of hydrogen-bond acceptors (Lipinski definition) is 8. The Hall–Kier alpha value is -3.28. The molecule has 3 aromatic rings. The van der Waals surface area contributed by atoms with Gasteiger partial charge in [-0.25, -0.2) is 4.98 Å². The standard InChI is InChI=1S/C22H23N5O3/c1-28-11-12-29-20-13-18(8-9-24-20)21-25-22(30-26-21)19-3-2-10-27(19)15-17-6-4-16(14-23)5-7-17/h4-9,13,19H,2-3,10-12,15H2,1H3/t19-/m1/s1. The third kappa shape index (κ3) is 4.64. The molecule has 2 aromatic heterocycles. The minimum absolute atomic E-state index is 0.0844. The van der Waals surface area contributed by atoms with E-state index in [2.05, 4.69) is 26.1 Å². The van der Waals surface area contributed by atoms with Crippen LogP contribution in [0.15, 0.2) is 47.1 Å². The number of pyridine rings is 1. The first kappa shape index (κ1) is 20.0. The summed E-state index contributed by atoms with van der Waals surface area (Å²) in [6, 6.07) is 13.6. The van der Waals surface area contributed by atoms with Crippen LogP contribution < -0.4 is 4.74 Å². The van der Waals surface area contributed by atoms with Crippen LogP contribution in [-0.2, 0) is 11.3 Å². The molecule has 1 saturated heterocycles. The second kappa shape index (κ2) is 9.48. The maximum Gasteiger partial charge on any atom is 0.244 e. The second-order valence-corrected chi connectivity index (χ2v) is 7.12. The minimum Gasteiger partial charge on any atom is -0.475 e. The number of hydrogen-bond donors (Lipinski definition) is 0. The zero-order valence-corrected chi connectivity index (χ0v) is 16.8. The Morgan fingerprint density at radius 1 is 1.23 bits per heavy atom. The second-order valence-electron chi connectivity index (χ2n) is 7.12. The lowest BCUT2D eigenvalue weighted by molar-refractivity contribution is 0.144. The fraction of sp³-hybridized carbons (Fsp3) is 0.364.